The Kier molecular flexibility index (Phi) is 7.08. The zero-order valence-electron chi connectivity index (χ0n) is 18.1. The van der Waals surface area contributed by atoms with E-state index in [2.05, 4.69) is 15.4 Å². The zero-order valence-corrected chi connectivity index (χ0v) is 19.6. The van der Waals surface area contributed by atoms with E-state index in [1.54, 1.807) is 54.1 Å². The molecule has 1 aliphatic heterocycles. The first kappa shape index (κ1) is 23.4. The number of aryl methyl sites for hydroxylation is 1. The number of ether oxygens (including phenoxy) is 1. The molecule has 1 N–H and O–H groups in total. The predicted octanol–water partition coefficient (Wildman–Crippen LogP) is 2.32. The lowest BCUT2D eigenvalue weighted by molar-refractivity contribution is 0.0729. The van der Waals surface area contributed by atoms with Gasteiger partial charge in [-0.1, -0.05) is 35.9 Å². The highest BCUT2D eigenvalue weighted by molar-refractivity contribution is 7.88. The highest BCUT2D eigenvalue weighted by atomic mass is 35.5. The third-order valence-corrected chi connectivity index (χ3v) is 7.38. The van der Waals surface area contributed by atoms with E-state index in [0.717, 1.165) is 11.3 Å². The fourth-order valence-corrected chi connectivity index (χ4v) is 5.24. The average molecular weight is 490 g/mol. The first-order chi connectivity index (χ1) is 15.8. The molecule has 174 valence electrons. The summed E-state index contributed by atoms with van der Waals surface area (Å²) in [5.74, 6) is -0.00120. The fraction of sp³-hybridized carbons (Fsp3) is 0.318. The molecule has 0 bridgehead atoms. The number of nitrogens with one attached hydrogen (secondary N) is 1. The number of nitrogens with zero attached hydrogens (tertiary/aromatic N) is 4. The summed E-state index contributed by atoms with van der Waals surface area (Å²) in [6.07, 6.45) is 0. The first-order valence-corrected chi connectivity index (χ1v) is 12.4. The first-order valence-electron chi connectivity index (χ1n) is 10.4. The molecule has 1 aliphatic rings. The van der Waals surface area contributed by atoms with Gasteiger partial charge >= 0.3 is 0 Å². The van der Waals surface area contributed by atoms with Crippen LogP contribution in [-0.4, -0.2) is 59.7 Å². The standard InChI is InChI=1S/C22H24ClN5O4S/c1-16-25-21(26-28(16)20-8-6-19(23)7-9-20)22(29)24-14-17-4-2-3-5-18(17)15-33(30,31)27-10-12-32-13-11-27/h2-9H,10-15H2,1H3,(H,24,29). The molecule has 2 aromatic carbocycles. The van der Waals surface area contributed by atoms with Gasteiger partial charge in [-0.2, -0.15) is 4.31 Å². The largest absolute Gasteiger partial charge is 0.379 e. The van der Waals surface area contributed by atoms with Crippen LogP contribution < -0.4 is 5.32 Å². The maximum absolute atomic E-state index is 12.8. The molecule has 4 rings (SSSR count). The number of amides is 1. The number of morpholine rings is 1. The third kappa shape index (κ3) is 5.59. The maximum atomic E-state index is 12.8. The van der Waals surface area contributed by atoms with Crippen molar-refractivity contribution in [1.82, 2.24) is 24.4 Å². The number of hydrogen-bond donors (Lipinski definition) is 1. The lowest BCUT2D eigenvalue weighted by Gasteiger charge is -2.26. The van der Waals surface area contributed by atoms with Crippen molar-refractivity contribution >= 4 is 27.5 Å². The van der Waals surface area contributed by atoms with Gasteiger partial charge in [-0.25, -0.2) is 18.1 Å². The molecule has 0 spiro atoms. The second kappa shape index (κ2) is 10.0. The van der Waals surface area contributed by atoms with E-state index in [1.165, 1.54) is 4.31 Å². The molecule has 11 heteroatoms. The molecule has 0 radical (unpaired) electrons. The van der Waals surface area contributed by atoms with Crippen LogP contribution in [0.1, 0.15) is 27.6 Å². The predicted molar refractivity (Wildman–Crippen MR) is 124 cm³/mol. The Morgan fingerprint density at radius 2 is 1.76 bits per heavy atom. The molecule has 3 aromatic rings. The SMILES string of the molecule is Cc1nc(C(=O)NCc2ccccc2CS(=O)(=O)N2CCOCC2)nn1-c1ccc(Cl)cc1. The van der Waals surface area contributed by atoms with Crippen LogP contribution in [-0.2, 0) is 27.1 Å². The molecule has 0 unspecified atom stereocenters. The minimum atomic E-state index is -3.48. The van der Waals surface area contributed by atoms with Gasteiger partial charge in [0.2, 0.25) is 15.8 Å². The molecule has 0 atom stereocenters. The Hall–Kier alpha value is -2.79. The van der Waals surface area contributed by atoms with Crippen molar-refractivity contribution in [3.8, 4) is 5.69 Å². The third-order valence-electron chi connectivity index (χ3n) is 5.30. The summed E-state index contributed by atoms with van der Waals surface area (Å²) in [4.78, 5) is 17.0. The summed E-state index contributed by atoms with van der Waals surface area (Å²) in [6.45, 7) is 3.40. The maximum Gasteiger partial charge on any atom is 0.291 e. The molecule has 1 fully saturated rings. The van der Waals surface area contributed by atoms with Gasteiger partial charge in [0.1, 0.15) is 5.82 Å². The van der Waals surface area contributed by atoms with E-state index in [0.29, 0.717) is 42.7 Å². The van der Waals surface area contributed by atoms with E-state index in [-0.39, 0.29) is 18.1 Å². The molecule has 0 saturated carbocycles. The highest BCUT2D eigenvalue weighted by Crippen LogP contribution is 2.17. The van der Waals surface area contributed by atoms with Crippen molar-refractivity contribution in [2.45, 2.75) is 19.2 Å². The quantitative estimate of drug-likeness (QED) is 0.546. The lowest BCUT2D eigenvalue weighted by Crippen LogP contribution is -2.41. The van der Waals surface area contributed by atoms with E-state index < -0.39 is 15.9 Å². The minimum Gasteiger partial charge on any atom is -0.379 e. The number of hydrogen-bond acceptors (Lipinski definition) is 6. The lowest BCUT2D eigenvalue weighted by atomic mass is 10.1. The summed E-state index contributed by atoms with van der Waals surface area (Å²) >= 11 is 5.94. The van der Waals surface area contributed by atoms with Gasteiger partial charge in [-0.05, 0) is 42.3 Å². The normalized spacial score (nSPS) is 14.8. The van der Waals surface area contributed by atoms with Crippen LogP contribution in [0.5, 0.6) is 0 Å². The van der Waals surface area contributed by atoms with Crippen molar-refractivity contribution in [2.24, 2.45) is 0 Å². The molecular weight excluding hydrogens is 466 g/mol. The summed E-state index contributed by atoms with van der Waals surface area (Å²) in [7, 11) is -3.48. The Morgan fingerprint density at radius 1 is 1.09 bits per heavy atom. The topological polar surface area (TPSA) is 106 Å². The van der Waals surface area contributed by atoms with Crippen molar-refractivity contribution in [2.75, 3.05) is 26.3 Å². The summed E-state index contributed by atoms with van der Waals surface area (Å²) in [6, 6.07) is 14.2. The molecular formula is C22H24ClN5O4S. The number of rotatable bonds is 7. The van der Waals surface area contributed by atoms with E-state index in [4.69, 9.17) is 16.3 Å². The van der Waals surface area contributed by atoms with Gasteiger partial charge in [0.25, 0.3) is 5.91 Å². The molecule has 0 aliphatic carbocycles. The number of aromatic nitrogens is 3. The molecule has 1 saturated heterocycles. The van der Waals surface area contributed by atoms with Crippen LogP contribution in [0.15, 0.2) is 48.5 Å². The minimum absolute atomic E-state index is 0.0286. The van der Waals surface area contributed by atoms with Crippen LogP contribution in [0.4, 0.5) is 0 Å². The van der Waals surface area contributed by atoms with Crippen LogP contribution in [0.25, 0.3) is 5.69 Å². The van der Waals surface area contributed by atoms with E-state index in [9.17, 15) is 13.2 Å². The van der Waals surface area contributed by atoms with Gasteiger partial charge in [0.05, 0.1) is 24.7 Å². The summed E-state index contributed by atoms with van der Waals surface area (Å²) in [5, 5.41) is 7.70. The number of carbonyl (C=O) groups excluding carboxylic acids is 1. The summed E-state index contributed by atoms with van der Waals surface area (Å²) < 4.78 is 33.9. The number of carbonyl (C=O) groups is 1. The van der Waals surface area contributed by atoms with Gasteiger partial charge in [0.15, 0.2) is 0 Å². The monoisotopic (exact) mass is 489 g/mol. The van der Waals surface area contributed by atoms with Crippen molar-refractivity contribution in [3.63, 3.8) is 0 Å². The Morgan fingerprint density at radius 3 is 2.45 bits per heavy atom. The molecule has 1 amide bonds. The van der Waals surface area contributed by atoms with Gasteiger partial charge < -0.3 is 10.1 Å². The van der Waals surface area contributed by atoms with Gasteiger partial charge in [0, 0.05) is 24.7 Å². The number of sulfonamides is 1. The average Bonchev–Trinajstić information content (AvgIpc) is 3.21. The Balaban J connectivity index is 1.45. The van der Waals surface area contributed by atoms with Crippen LogP contribution in [0.2, 0.25) is 5.02 Å². The summed E-state index contributed by atoms with van der Waals surface area (Å²) in [5.41, 5.74) is 2.10. The molecule has 2 heterocycles. The van der Waals surface area contributed by atoms with E-state index >= 15 is 0 Å². The van der Waals surface area contributed by atoms with E-state index in [1.807, 2.05) is 6.07 Å². The second-order valence-corrected chi connectivity index (χ2v) is 10.00. The van der Waals surface area contributed by atoms with Crippen LogP contribution in [0, 0.1) is 6.92 Å². The fourth-order valence-electron chi connectivity index (χ4n) is 3.55. The highest BCUT2D eigenvalue weighted by Gasteiger charge is 2.25. The zero-order chi connectivity index (χ0) is 23.4. The van der Waals surface area contributed by atoms with Crippen molar-refractivity contribution < 1.29 is 17.9 Å². The van der Waals surface area contributed by atoms with Gasteiger partial charge in [-0.3, -0.25) is 4.79 Å². The van der Waals surface area contributed by atoms with Crippen molar-refractivity contribution in [3.05, 3.63) is 76.3 Å². The van der Waals surface area contributed by atoms with Gasteiger partial charge in [-0.15, -0.1) is 5.10 Å². The molecule has 1 aromatic heterocycles. The van der Waals surface area contributed by atoms with Crippen LogP contribution in [0.3, 0.4) is 0 Å². The molecule has 33 heavy (non-hydrogen) atoms. The second-order valence-electron chi connectivity index (χ2n) is 7.59. The number of halogens is 1. The van der Waals surface area contributed by atoms with Crippen molar-refractivity contribution in [1.29, 1.82) is 0 Å². The number of benzene rings is 2. The Labute approximate surface area is 197 Å². The smallest absolute Gasteiger partial charge is 0.291 e. The Bertz CT molecular complexity index is 1240. The van der Waals surface area contributed by atoms with Crippen LogP contribution >= 0.6 is 11.6 Å². The molecule has 9 nitrogen and oxygen atoms in total.